The van der Waals surface area contributed by atoms with E-state index >= 15 is 0 Å². The number of carbonyl (C=O) groups excluding carboxylic acids is 2. The number of amides is 2. The Balaban J connectivity index is 2.09. The molecular formula is C15H22N4O2. The number of likely N-dealkylation sites (tertiary alicyclic amines) is 1. The van der Waals surface area contributed by atoms with Crippen LogP contribution >= 0.6 is 0 Å². The molecule has 2 N–H and O–H groups in total. The summed E-state index contributed by atoms with van der Waals surface area (Å²) in [5.74, 6) is 0.527. The standard InChI is InChI=1S/C15H22N4O2/c1-9(2)14-17-8-12(10(3)18-14)15(21)19-6-4-11(5-7-19)13(16)20/h8-9,11H,4-7H2,1-3H3,(H2,16,20). The largest absolute Gasteiger partial charge is 0.369 e. The molecule has 6 nitrogen and oxygen atoms in total. The van der Waals surface area contributed by atoms with Gasteiger partial charge in [-0.3, -0.25) is 9.59 Å². The molecule has 0 spiro atoms. The van der Waals surface area contributed by atoms with Gasteiger partial charge < -0.3 is 10.6 Å². The Morgan fingerprint density at radius 2 is 1.95 bits per heavy atom. The normalized spacial score (nSPS) is 16.3. The quantitative estimate of drug-likeness (QED) is 0.907. The van der Waals surface area contributed by atoms with E-state index in [9.17, 15) is 9.59 Å². The third-order valence-electron chi connectivity index (χ3n) is 3.93. The second-order valence-corrected chi connectivity index (χ2v) is 5.85. The summed E-state index contributed by atoms with van der Waals surface area (Å²) in [5, 5.41) is 0. The number of rotatable bonds is 3. The van der Waals surface area contributed by atoms with Crippen molar-refractivity contribution in [3.8, 4) is 0 Å². The highest BCUT2D eigenvalue weighted by atomic mass is 16.2. The first-order valence-corrected chi connectivity index (χ1v) is 7.32. The topological polar surface area (TPSA) is 89.2 Å². The molecule has 0 aromatic carbocycles. The highest BCUT2D eigenvalue weighted by Crippen LogP contribution is 2.20. The summed E-state index contributed by atoms with van der Waals surface area (Å²) >= 11 is 0. The molecule has 0 unspecified atom stereocenters. The van der Waals surface area contributed by atoms with Crippen molar-refractivity contribution in [2.24, 2.45) is 11.7 Å². The van der Waals surface area contributed by atoms with Gasteiger partial charge in [0.25, 0.3) is 5.91 Å². The van der Waals surface area contributed by atoms with Gasteiger partial charge in [0, 0.05) is 31.1 Å². The molecule has 21 heavy (non-hydrogen) atoms. The first-order chi connectivity index (χ1) is 9.90. The van der Waals surface area contributed by atoms with Gasteiger partial charge in [-0.25, -0.2) is 9.97 Å². The monoisotopic (exact) mass is 290 g/mol. The molecule has 0 radical (unpaired) electrons. The average molecular weight is 290 g/mol. The third-order valence-corrected chi connectivity index (χ3v) is 3.93. The number of primary amides is 1. The van der Waals surface area contributed by atoms with E-state index in [4.69, 9.17) is 5.73 Å². The lowest BCUT2D eigenvalue weighted by molar-refractivity contribution is -0.123. The van der Waals surface area contributed by atoms with Crippen LogP contribution in [-0.2, 0) is 4.79 Å². The van der Waals surface area contributed by atoms with Gasteiger partial charge in [-0.1, -0.05) is 13.8 Å². The lowest BCUT2D eigenvalue weighted by Gasteiger charge is -2.30. The Labute approximate surface area is 124 Å². The lowest BCUT2D eigenvalue weighted by atomic mass is 9.96. The first kappa shape index (κ1) is 15.4. The second kappa shape index (κ2) is 6.20. The summed E-state index contributed by atoms with van der Waals surface area (Å²) in [4.78, 5) is 34.1. The average Bonchev–Trinajstić information content (AvgIpc) is 2.46. The molecule has 2 amide bonds. The van der Waals surface area contributed by atoms with Gasteiger partial charge >= 0.3 is 0 Å². The van der Waals surface area contributed by atoms with Crippen LogP contribution in [0.4, 0.5) is 0 Å². The van der Waals surface area contributed by atoms with Crippen LogP contribution < -0.4 is 5.73 Å². The fourth-order valence-electron chi connectivity index (χ4n) is 2.51. The minimum Gasteiger partial charge on any atom is -0.369 e. The molecule has 1 aliphatic rings. The van der Waals surface area contributed by atoms with E-state index in [0.717, 1.165) is 5.82 Å². The maximum atomic E-state index is 12.5. The van der Waals surface area contributed by atoms with Gasteiger partial charge in [-0.2, -0.15) is 0 Å². The van der Waals surface area contributed by atoms with Crippen molar-refractivity contribution in [3.63, 3.8) is 0 Å². The molecule has 1 fully saturated rings. The minimum atomic E-state index is -0.275. The number of piperidine rings is 1. The molecule has 1 saturated heterocycles. The zero-order valence-corrected chi connectivity index (χ0v) is 12.8. The molecule has 0 atom stereocenters. The zero-order chi connectivity index (χ0) is 15.6. The Kier molecular flexibility index (Phi) is 4.55. The van der Waals surface area contributed by atoms with E-state index in [-0.39, 0.29) is 23.7 Å². The van der Waals surface area contributed by atoms with Crippen molar-refractivity contribution in [2.75, 3.05) is 13.1 Å². The maximum absolute atomic E-state index is 12.5. The molecule has 0 bridgehead atoms. The third kappa shape index (κ3) is 3.37. The van der Waals surface area contributed by atoms with Crippen molar-refractivity contribution >= 4 is 11.8 Å². The van der Waals surface area contributed by atoms with Gasteiger partial charge in [-0.15, -0.1) is 0 Å². The van der Waals surface area contributed by atoms with Gasteiger partial charge in [-0.05, 0) is 19.8 Å². The number of nitrogens with zero attached hydrogens (tertiary/aromatic N) is 3. The molecule has 1 aromatic rings. The van der Waals surface area contributed by atoms with E-state index in [1.165, 1.54) is 0 Å². The Morgan fingerprint density at radius 3 is 2.43 bits per heavy atom. The molecule has 1 aliphatic heterocycles. The number of carbonyl (C=O) groups is 2. The van der Waals surface area contributed by atoms with Crippen molar-refractivity contribution in [2.45, 2.75) is 39.5 Å². The van der Waals surface area contributed by atoms with E-state index in [0.29, 0.717) is 37.2 Å². The van der Waals surface area contributed by atoms with Crippen LogP contribution in [0.3, 0.4) is 0 Å². The predicted octanol–water partition coefficient (Wildman–Crippen LogP) is 1.25. The highest BCUT2D eigenvalue weighted by Gasteiger charge is 2.27. The summed E-state index contributed by atoms with van der Waals surface area (Å²) in [7, 11) is 0. The SMILES string of the molecule is Cc1nc(C(C)C)ncc1C(=O)N1CCC(C(N)=O)CC1. The molecule has 6 heteroatoms. The van der Waals surface area contributed by atoms with Crippen LogP contribution in [0, 0.1) is 12.8 Å². The second-order valence-electron chi connectivity index (χ2n) is 5.85. The van der Waals surface area contributed by atoms with Crippen LogP contribution in [-0.4, -0.2) is 39.8 Å². The van der Waals surface area contributed by atoms with Crippen molar-refractivity contribution in [1.29, 1.82) is 0 Å². The smallest absolute Gasteiger partial charge is 0.257 e. The molecule has 114 valence electrons. The van der Waals surface area contributed by atoms with Crippen LogP contribution in [0.1, 0.15) is 54.5 Å². The minimum absolute atomic E-state index is 0.0641. The summed E-state index contributed by atoms with van der Waals surface area (Å²) in [6.45, 7) is 6.97. The predicted molar refractivity (Wildman–Crippen MR) is 78.7 cm³/mol. The van der Waals surface area contributed by atoms with Gasteiger partial charge in [0.05, 0.1) is 11.3 Å². The highest BCUT2D eigenvalue weighted by molar-refractivity contribution is 5.95. The summed E-state index contributed by atoms with van der Waals surface area (Å²) in [5.41, 5.74) is 6.55. The van der Waals surface area contributed by atoms with E-state index in [2.05, 4.69) is 9.97 Å². The van der Waals surface area contributed by atoms with Gasteiger partial charge in [0.1, 0.15) is 5.82 Å². The van der Waals surface area contributed by atoms with Gasteiger partial charge in [0.2, 0.25) is 5.91 Å². The zero-order valence-electron chi connectivity index (χ0n) is 12.8. The Morgan fingerprint density at radius 1 is 1.33 bits per heavy atom. The molecule has 0 saturated carbocycles. The first-order valence-electron chi connectivity index (χ1n) is 7.32. The van der Waals surface area contributed by atoms with Crippen LogP contribution in [0.15, 0.2) is 6.20 Å². The van der Waals surface area contributed by atoms with E-state index in [1.807, 2.05) is 20.8 Å². The van der Waals surface area contributed by atoms with Crippen LogP contribution in [0.5, 0.6) is 0 Å². The Bertz CT molecular complexity index is 549. The lowest BCUT2D eigenvalue weighted by Crippen LogP contribution is -2.42. The molecule has 2 heterocycles. The van der Waals surface area contributed by atoms with Crippen LogP contribution in [0.2, 0.25) is 0 Å². The molecule has 0 aliphatic carbocycles. The van der Waals surface area contributed by atoms with E-state index in [1.54, 1.807) is 11.1 Å². The Hall–Kier alpha value is -1.98. The fourth-order valence-corrected chi connectivity index (χ4v) is 2.51. The molecule has 2 rings (SSSR count). The number of aromatic nitrogens is 2. The molecule has 1 aromatic heterocycles. The summed E-state index contributed by atoms with van der Waals surface area (Å²) in [6, 6.07) is 0. The summed E-state index contributed by atoms with van der Waals surface area (Å²) in [6.07, 6.45) is 2.87. The number of hydrogen-bond acceptors (Lipinski definition) is 4. The van der Waals surface area contributed by atoms with Crippen LogP contribution in [0.25, 0.3) is 0 Å². The van der Waals surface area contributed by atoms with Crippen molar-refractivity contribution in [1.82, 2.24) is 14.9 Å². The number of hydrogen-bond donors (Lipinski definition) is 1. The number of aryl methyl sites for hydroxylation is 1. The number of nitrogens with two attached hydrogens (primary N) is 1. The fraction of sp³-hybridized carbons (Fsp3) is 0.600. The van der Waals surface area contributed by atoms with Crippen molar-refractivity contribution < 1.29 is 9.59 Å². The van der Waals surface area contributed by atoms with E-state index < -0.39 is 0 Å². The summed E-state index contributed by atoms with van der Waals surface area (Å²) < 4.78 is 0. The van der Waals surface area contributed by atoms with Gasteiger partial charge in [0.15, 0.2) is 0 Å². The van der Waals surface area contributed by atoms with Crippen molar-refractivity contribution in [3.05, 3.63) is 23.3 Å². The molecular weight excluding hydrogens is 268 g/mol. The maximum Gasteiger partial charge on any atom is 0.257 e.